The molecule has 1 unspecified atom stereocenters. The predicted octanol–water partition coefficient (Wildman–Crippen LogP) is 2.00. The van der Waals surface area contributed by atoms with Crippen LogP contribution in [0.5, 0.6) is 0 Å². The molecule has 2 aromatic rings. The van der Waals surface area contributed by atoms with Crippen LogP contribution in [-0.2, 0) is 19.2 Å². The number of nitrogens with one attached hydrogen (secondary N) is 2. The summed E-state index contributed by atoms with van der Waals surface area (Å²) in [5.74, 6) is 0.674. The van der Waals surface area contributed by atoms with Gasteiger partial charge in [-0.1, -0.05) is 30.3 Å². The van der Waals surface area contributed by atoms with E-state index in [0.717, 1.165) is 17.7 Å². The Morgan fingerprint density at radius 3 is 2.58 bits per heavy atom. The fourth-order valence-electron chi connectivity index (χ4n) is 2.22. The molecular formula is C17H26IN5O. The number of benzene rings is 1. The van der Waals surface area contributed by atoms with Crippen molar-refractivity contribution in [2.75, 3.05) is 13.1 Å². The third kappa shape index (κ3) is 6.12. The maximum absolute atomic E-state index is 10.6. The molecule has 2 rings (SSSR count). The van der Waals surface area contributed by atoms with Crippen LogP contribution < -0.4 is 10.6 Å². The molecule has 0 bridgehead atoms. The molecule has 0 amide bonds. The summed E-state index contributed by atoms with van der Waals surface area (Å²) in [6.07, 6.45) is 3.74. The summed E-state index contributed by atoms with van der Waals surface area (Å²) in [4.78, 5) is 4.52. The molecule has 0 radical (unpaired) electrons. The number of nitrogens with zero attached hydrogens (tertiary/aromatic N) is 3. The number of aliphatic imine (C=N–C) groups is 1. The van der Waals surface area contributed by atoms with Gasteiger partial charge in [0.05, 0.1) is 19.3 Å². The predicted molar refractivity (Wildman–Crippen MR) is 107 cm³/mol. The van der Waals surface area contributed by atoms with E-state index in [1.54, 1.807) is 17.8 Å². The van der Waals surface area contributed by atoms with Gasteiger partial charge in [-0.2, -0.15) is 5.10 Å². The van der Waals surface area contributed by atoms with Gasteiger partial charge in [-0.25, -0.2) is 4.99 Å². The molecule has 1 heterocycles. The highest BCUT2D eigenvalue weighted by atomic mass is 127. The van der Waals surface area contributed by atoms with Gasteiger partial charge in [0.25, 0.3) is 0 Å². The van der Waals surface area contributed by atoms with Gasteiger partial charge in [0.1, 0.15) is 5.60 Å². The molecule has 6 nitrogen and oxygen atoms in total. The van der Waals surface area contributed by atoms with E-state index < -0.39 is 5.60 Å². The van der Waals surface area contributed by atoms with Gasteiger partial charge in [0.2, 0.25) is 0 Å². The molecule has 3 N–H and O–H groups in total. The molecule has 0 aliphatic rings. The molecule has 1 atom stereocenters. The van der Waals surface area contributed by atoms with Gasteiger partial charge in [0, 0.05) is 25.4 Å². The number of aromatic nitrogens is 2. The number of hydrogen-bond acceptors (Lipinski definition) is 3. The summed E-state index contributed by atoms with van der Waals surface area (Å²) < 4.78 is 1.76. The molecule has 1 aromatic heterocycles. The summed E-state index contributed by atoms with van der Waals surface area (Å²) in [5.41, 5.74) is 0.946. The lowest BCUT2D eigenvalue weighted by Gasteiger charge is -2.25. The number of aliphatic hydroxyl groups is 1. The van der Waals surface area contributed by atoms with E-state index in [9.17, 15) is 5.11 Å². The van der Waals surface area contributed by atoms with Crippen molar-refractivity contribution in [3.63, 3.8) is 0 Å². The van der Waals surface area contributed by atoms with Crippen LogP contribution in [0.1, 0.15) is 25.0 Å². The number of aryl methyl sites for hydroxylation is 1. The van der Waals surface area contributed by atoms with Crippen LogP contribution in [0.25, 0.3) is 0 Å². The third-order valence-electron chi connectivity index (χ3n) is 3.52. The summed E-state index contributed by atoms with van der Waals surface area (Å²) in [5, 5.41) is 21.1. The highest BCUT2D eigenvalue weighted by molar-refractivity contribution is 14.0. The molecule has 0 saturated heterocycles. The average molecular weight is 443 g/mol. The minimum atomic E-state index is -0.967. The Morgan fingerprint density at radius 2 is 2.00 bits per heavy atom. The van der Waals surface area contributed by atoms with Crippen molar-refractivity contribution in [3.05, 3.63) is 53.9 Å². The largest absolute Gasteiger partial charge is 0.384 e. The Balaban J connectivity index is 0.00000288. The molecule has 0 saturated carbocycles. The first-order chi connectivity index (χ1) is 11.0. The Labute approximate surface area is 160 Å². The fraction of sp³-hybridized carbons (Fsp3) is 0.412. The monoisotopic (exact) mass is 443 g/mol. The Kier molecular flexibility index (Phi) is 8.20. The Bertz CT molecular complexity index is 639. The number of hydrogen-bond donors (Lipinski definition) is 3. The average Bonchev–Trinajstić information content (AvgIpc) is 2.96. The molecule has 24 heavy (non-hydrogen) atoms. The first-order valence-electron chi connectivity index (χ1n) is 7.79. The van der Waals surface area contributed by atoms with Crippen molar-refractivity contribution in [1.29, 1.82) is 0 Å². The van der Waals surface area contributed by atoms with Gasteiger partial charge < -0.3 is 15.7 Å². The van der Waals surface area contributed by atoms with E-state index >= 15 is 0 Å². The lowest BCUT2D eigenvalue weighted by atomic mass is 9.96. The summed E-state index contributed by atoms with van der Waals surface area (Å²) in [7, 11) is 1.88. The zero-order chi connectivity index (χ0) is 16.7. The van der Waals surface area contributed by atoms with Crippen molar-refractivity contribution < 1.29 is 5.11 Å². The second kappa shape index (κ2) is 9.63. The normalized spacial score (nSPS) is 13.8. The second-order valence-electron chi connectivity index (χ2n) is 5.71. The summed E-state index contributed by atoms with van der Waals surface area (Å²) >= 11 is 0. The van der Waals surface area contributed by atoms with E-state index in [2.05, 4.69) is 20.7 Å². The molecule has 0 aliphatic heterocycles. The van der Waals surface area contributed by atoms with E-state index in [1.165, 1.54) is 0 Å². The maximum atomic E-state index is 10.6. The van der Waals surface area contributed by atoms with E-state index in [4.69, 9.17) is 0 Å². The minimum Gasteiger partial charge on any atom is -0.384 e. The lowest BCUT2D eigenvalue weighted by molar-refractivity contribution is 0.0617. The van der Waals surface area contributed by atoms with E-state index in [0.29, 0.717) is 19.0 Å². The maximum Gasteiger partial charge on any atom is 0.191 e. The van der Waals surface area contributed by atoms with Crippen LogP contribution in [0.3, 0.4) is 0 Å². The zero-order valence-corrected chi connectivity index (χ0v) is 16.7. The van der Waals surface area contributed by atoms with Gasteiger partial charge in [-0.15, -0.1) is 24.0 Å². The molecule has 7 heteroatoms. The summed E-state index contributed by atoms with van der Waals surface area (Å²) in [6.45, 7) is 5.47. The highest BCUT2D eigenvalue weighted by Gasteiger charge is 2.22. The smallest absolute Gasteiger partial charge is 0.191 e. The van der Waals surface area contributed by atoms with Crippen molar-refractivity contribution >= 4 is 29.9 Å². The molecule has 132 valence electrons. The van der Waals surface area contributed by atoms with E-state index in [-0.39, 0.29) is 24.0 Å². The van der Waals surface area contributed by atoms with Crippen molar-refractivity contribution in [2.24, 2.45) is 12.0 Å². The van der Waals surface area contributed by atoms with Crippen LogP contribution >= 0.6 is 24.0 Å². The van der Waals surface area contributed by atoms with Crippen LogP contribution in [0.4, 0.5) is 0 Å². The van der Waals surface area contributed by atoms with Crippen LogP contribution in [0, 0.1) is 0 Å². The van der Waals surface area contributed by atoms with Crippen molar-refractivity contribution in [1.82, 2.24) is 20.4 Å². The minimum absolute atomic E-state index is 0. The standard InChI is InChI=1S/C17H25N5O.HI/c1-4-18-16(19-10-14-11-21-22(3)12-14)20-13-17(2,23)15-8-6-5-7-9-15;/h5-9,11-12,23H,4,10,13H2,1-3H3,(H2,18,19,20);1H. The van der Waals surface area contributed by atoms with Crippen LogP contribution in [0.2, 0.25) is 0 Å². The van der Waals surface area contributed by atoms with Crippen molar-refractivity contribution in [2.45, 2.75) is 26.0 Å². The van der Waals surface area contributed by atoms with Crippen LogP contribution in [0.15, 0.2) is 47.7 Å². The van der Waals surface area contributed by atoms with Crippen LogP contribution in [-0.4, -0.2) is 33.9 Å². The first kappa shape index (κ1) is 20.4. The van der Waals surface area contributed by atoms with E-state index in [1.807, 2.05) is 50.5 Å². The highest BCUT2D eigenvalue weighted by Crippen LogP contribution is 2.18. The fourth-order valence-corrected chi connectivity index (χ4v) is 2.22. The third-order valence-corrected chi connectivity index (χ3v) is 3.52. The molecule has 0 aliphatic carbocycles. The summed E-state index contributed by atoms with van der Waals surface area (Å²) in [6, 6.07) is 9.62. The quantitative estimate of drug-likeness (QED) is 0.363. The number of guanidine groups is 1. The number of halogens is 1. The second-order valence-corrected chi connectivity index (χ2v) is 5.71. The molecular weight excluding hydrogens is 417 g/mol. The van der Waals surface area contributed by atoms with Gasteiger partial charge in [0.15, 0.2) is 5.96 Å². The number of rotatable bonds is 6. The molecule has 1 aromatic carbocycles. The molecule has 0 fully saturated rings. The first-order valence-corrected chi connectivity index (χ1v) is 7.79. The Morgan fingerprint density at radius 1 is 1.29 bits per heavy atom. The topological polar surface area (TPSA) is 74.5 Å². The zero-order valence-electron chi connectivity index (χ0n) is 14.4. The SMILES string of the molecule is CCNC(=NCc1cnn(C)c1)NCC(C)(O)c1ccccc1.I. The van der Waals surface area contributed by atoms with Gasteiger partial charge >= 0.3 is 0 Å². The van der Waals surface area contributed by atoms with Crippen molar-refractivity contribution in [3.8, 4) is 0 Å². The Hall–Kier alpha value is -1.61. The molecule has 0 spiro atoms. The van der Waals surface area contributed by atoms with Gasteiger partial charge in [-0.05, 0) is 19.4 Å². The van der Waals surface area contributed by atoms with Gasteiger partial charge in [-0.3, -0.25) is 4.68 Å². The lowest BCUT2D eigenvalue weighted by Crippen LogP contribution is -2.44.